The summed E-state index contributed by atoms with van der Waals surface area (Å²) in [6.07, 6.45) is 0. The van der Waals surface area contributed by atoms with Gasteiger partial charge in [-0.3, -0.25) is 10.1 Å². The van der Waals surface area contributed by atoms with Crippen LogP contribution in [0, 0.1) is 17.0 Å². The van der Waals surface area contributed by atoms with Gasteiger partial charge >= 0.3 is 0 Å². The Morgan fingerprint density at radius 2 is 1.65 bits per heavy atom. The topological polar surface area (TPSA) is 52.4 Å². The first kappa shape index (κ1) is 18.0. The molecular weight excluding hydrogens is 350 g/mol. The van der Waals surface area contributed by atoms with E-state index >= 15 is 0 Å². The van der Waals surface area contributed by atoms with Gasteiger partial charge in [-0.15, -0.1) is 0 Å². The summed E-state index contributed by atoms with van der Waals surface area (Å²) in [6, 6.07) is 20.8. The lowest BCUT2D eigenvalue weighted by Gasteiger charge is -2.21. The van der Waals surface area contributed by atoms with Crippen LogP contribution < -0.4 is 4.74 Å². The number of ether oxygens (including phenoxy) is 1. The van der Waals surface area contributed by atoms with Gasteiger partial charge in [0.2, 0.25) is 0 Å². The number of nitro benzene ring substituents is 1. The molecule has 1 unspecified atom stereocenters. The molecule has 0 heterocycles. The first-order valence-electron chi connectivity index (χ1n) is 8.14. The molecule has 0 radical (unpaired) electrons. The zero-order valence-corrected chi connectivity index (χ0v) is 15.2. The zero-order valence-electron chi connectivity index (χ0n) is 14.5. The molecule has 0 saturated heterocycles. The van der Waals surface area contributed by atoms with Crippen molar-refractivity contribution in [2.75, 3.05) is 7.11 Å². The molecule has 0 aliphatic heterocycles. The average Bonchev–Trinajstić information content (AvgIpc) is 2.64. The summed E-state index contributed by atoms with van der Waals surface area (Å²) in [4.78, 5) is 10.6. The molecule has 0 aliphatic rings. The van der Waals surface area contributed by atoms with Gasteiger partial charge < -0.3 is 4.74 Å². The average molecular weight is 368 g/mol. The smallest absolute Gasteiger partial charge is 0.287 e. The van der Waals surface area contributed by atoms with Crippen molar-refractivity contribution in [3.8, 4) is 5.75 Å². The number of benzene rings is 3. The summed E-state index contributed by atoms with van der Waals surface area (Å²) >= 11 is 6.17. The highest BCUT2D eigenvalue weighted by molar-refractivity contribution is 6.32. The first-order chi connectivity index (χ1) is 12.5. The minimum atomic E-state index is -0.476. The summed E-state index contributed by atoms with van der Waals surface area (Å²) < 4.78 is 5.54. The molecule has 0 aromatic heterocycles. The fourth-order valence-corrected chi connectivity index (χ4v) is 3.32. The van der Waals surface area contributed by atoms with Crippen molar-refractivity contribution in [2.45, 2.75) is 12.8 Å². The van der Waals surface area contributed by atoms with Crippen LogP contribution in [0.25, 0.3) is 0 Å². The minimum absolute atomic E-state index is 0.0990. The third-order valence-electron chi connectivity index (χ3n) is 4.36. The molecule has 0 bridgehead atoms. The molecule has 3 rings (SSSR count). The summed E-state index contributed by atoms with van der Waals surface area (Å²) in [5.74, 6) is 0.609. The van der Waals surface area contributed by atoms with Crippen LogP contribution in [-0.2, 0) is 0 Å². The number of hydrogen-bond donors (Lipinski definition) is 0. The van der Waals surface area contributed by atoms with Crippen molar-refractivity contribution in [2.24, 2.45) is 0 Å². The van der Waals surface area contributed by atoms with Gasteiger partial charge in [0.25, 0.3) is 5.69 Å². The van der Waals surface area contributed by atoms with Crippen LogP contribution in [0.5, 0.6) is 5.75 Å². The number of halogens is 1. The molecule has 1 atom stereocenters. The van der Waals surface area contributed by atoms with Gasteiger partial charge in [-0.05, 0) is 30.2 Å². The lowest BCUT2D eigenvalue weighted by molar-refractivity contribution is -0.384. The van der Waals surface area contributed by atoms with E-state index in [1.807, 2.05) is 43.3 Å². The van der Waals surface area contributed by atoms with Crippen molar-refractivity contribution in [1.82, 2.24) is 0 Å². The molecular formula is C21H18ClNO3. The number of hydrogen-bond acceptors (Lipinski definition) is 3. The van der Waals surface area contributed by atoms with Gasteiger partial charge in [0.05, 0.1) is 12.0 Å². The second kappa shape index (κ2) is 7.58. The van der Waals surface area contributed by atoms with E-state index in [-0.39, 0.29) is 16.6 Å². The summed E-state index contributed by atoms with van der Waals surface area (Å²) in [7, 11) is 1.63. The van der Waals surface area contributed by atoms with Crippen LogP contribution in [0.4, 0.5) is 5.69 Å². The molecule has 5 heteroatoms. The van der Waals surface area contributed by atoms with Gasteiger partial charge in [0, 0.05) is 17.5 Å². The monoisotopic (exact) mass is 367 g/mol. The van der Waals surface area contributed by atoms with E-state index < -0.39 is 4.92 Å². The summed E-state index contributed by atoms with van der Waals surface area (Å²) in [5.41, 5.74) is 3.97. The van der Waals surface area contributed by atoms with Crippen LogP contribution in [0.2, 0.25) is 5.02 Å². The summed E-state index contributed by atoms with van der Waals surface area (Å²) in [6.45, 7) is 2.03. The van der Waals surface area contributed by atoms with Gasteiger partial charge in [-0.25, -0.2) is 0 Å². The molecule has 26 heavy (non-hydrogen) atoms. The van der Waals surface area contributed by atoms with E-state index in [0.717, 1.165) is 28.0 Å². The molecule has 0 N–H and O–H groups in total. The van der Waals surface area contributed by atoms with Crippen molar-refractivity contribution in [3.05, 3.63) is 104 Å². The number of aryl methyl sites for hydroxylation is 1. The molecule has 0 amide bonds. The predicted octanol–water partition coefficient (Wildman–Crippen LogP) is 5.75. The van der Waals surface area contributed by atoms with Crippen LogP contribution in [-0.4, -0.2) is 12.0 Å². The number of methoxy groups -OCH3 is 1. The third kappa shape index (κ3) is 3.55. The molecule has 0 aliphatic carbocycles. The van der Waals surface area contributed by atoms with E-state index in [9.17, 15) is 10.1 Å². The number of nitrogens with zero attached hydrogens (tertiary/aromatic N) is 1. The Hall–Kier alpha value is -2.85. The van der Waals surface area contributed by atoms with E-state index in [2.05, 4.69) is 12.1 Å². The molecule has 4 nitrogen and oxygen atoms in total. The second-order valence-electron chi connectivity index (χ2n) is 6.05. The van der Waals surface area contributed by atoms with Crippen LogP contribution >= 0.6 is 11.6 Å². The largest absolute Gasteiger partial charge is 0.496 e. The maximum Gasteiger partial charge on any atom is 0.287 e. The molecule has 3 aromatic rings. The highest BCUT2D eigenvalue weighted by Crippen LogP contribution is 2.39. The van der Waals surface area contributed by atoms with Crippen molar-refractivity contribution >= 4 is 17.3 Å². The Kier molecular flexibility index (Phi) is 5.24. The fraction of sp³-hybridized carbons (Fsp3) is 0.143. The van der Waals surface area contributed by atoms with Crippen LogP contribution in [0.3, 0.4) is 0 Å². The molecule has 0 spiro atoms. The Labute approximate surface area is 157 Å². The fourth-order valence-electron chi connectivity index (χ4n) is 3.07. The molecule has 3 aromatic carbocycles. The molecule has 0 fully saturated rings. The SMILES string of the molecule is COc1ccccc1C(c1ccc(C)cc1)c1ccc([N+](=O)[O-])c(Cl)c1. The Bertz CT molecular complexity index is 938. The number of para-hydroxylation sites is 1. The highest BCUT2D eigenvalue weighted by atomic mass is 35.5. The van der Waals surface area contributed by atoms with Gasteiger partial charge in [-0.1, -0.05) is 65.7 Å². The lowest BCUT2D eigenvalue weighted by Crippen LogP contribution is -2.06. The van der Waals surface area contributed by atoms with E-state index in [1.54, 1.807) is 19.2 Å². The summed E-state index contributed by atoms with van der Waals surface area (Å²) in [5, 5.41) is 11.2. The van der Waals surface area contributed by atoms with Crippen molar-refractivity contribution in [3.63, 3.8) is 0 Å². The Morgan fingerprint density at radius 1 is 1.00 bits per heavy atom. The quantitative estimate of drug-likeness (QED) is 0.328. The van der Waals surface area contributed by atoms with E-state index in [4.69, 9.17) is 16.3 Å². The Balaban J connectivity index is 2.19. The standard InChI is InChI=1S/C21H18ClNO3/c1-14-7-9-15(10-8-14)21(17-5-3-4-6-20(17)26-2)16-11-12-19(23(24)25)18(22)13-16/h3-13,21H,1-2H3. The maximum absolute atomic E-state index is 11.1. The highest BCUT2D eigenvalue weighted by Gasteiger charge is 2.23. The predicted molar refractivity (Wildman–Crippen MR) is 103 cm³/mol. The lowest BCUT2D eigenvalue weighted by atomic mass is 9.84. The normalized spacial score (nSPS) is 11.8. The van der Waals surface area contributed by atoms with Crippen LogP contribution in [0.1, 0.15) is 28.2 Å². The number of rotatable bonds is 5. The first-order valence-corrected chi connectivity index (χ1v) is 8.52. The van der Waals surface area contributed by atoms with Gasteiger partial charge in [0.15, 0.2) is 0 Å². The van der Waals surface area contributed by atoms with Crippen LogP contribution in [0.15, 0.2) is 66.7 Å². The zero-order chi connectivity index (χ0) is 18.7. The third-order valence-corrected chi connectivity index (χ3v) is 4.67. The van der Waals surface area contributed by atoms with E-state index in [0.29, 0.717) is 0 Å². The molecule has 132 valence electrons. The Morgan fingerprint density at radius 3 is 2.27 bits per heavy atom. The minimum Gasteiger partial charge on any atom is -0.496 e. The molecule has 0 saturated carbocycles. The maximum atomic E-state index is 11.1. The second-order valence-corrected chi connectivity index (χ2v) is 6.46. The number of nitro groups is 1. The van der Waals surface area contributed by atoms with E-state index in [1.165, 1.54) is 6.07 Å². The van der Waals surface area contributed by atoms with Gasteiger partial charge in [0.1, 0.15) is 10.8 Å². The van der Waals surface area contributed by atoms with Crippen molar-refractivity contribution in [1.29, 1.82) is 0 Å². The van der Waals surface area contributed by atoms with Gasteiger partial charge in [-0.2, -0.15) is 0 Å². The van der Waals surface area contributed by atoms with Crippen molar-refractivity contribution < 1.29 is 9.66 Å².